The molecule has 0 spiro atoms. The van der Waals surface area contributed by atoms with E-state index < -0.39 is 0 Å². The number of benzene rings is 3. The molecular weight excluding hydrogens is 454 g/mol. The molecule has 4 rings (SSSR count). The summed E-state index contributed by atoms with van der Waals surface area (Å²) in [5.74, 6) is 0. The monoisotopic (exact) mass is 483 g/mol. The van der Waals surface area contributed by atoms with Gasteiger partial charge >= 0.3 is 12.1 Å². The van der Waals surface area contributed by atoms with Gasteiger partial charge in [0.05, 0.1) is 5.69 Å². The molecule has 0 saturated carbocycles. The summed E-state index contributed by atoms with van der Waals surface area (Å²) in [6.07, 6.45) is 2.92. The number of isocyanates is 1. The Morgan fingerprint density at radius 3 is 2.44 bits per heavy atom. The number of nitrogens with zero attached hydrogens (tertiary/aromatic N) is 2. The maximum Gasteiger partial charge on any atom is 0.321 e. The lowest BCUT2D eigenvalue weighted by Crippen LogP contribution is -2.38. The number of anilines is 1. The Morgan fingerprint density at radius 1 is 0.972 bits per heavy atom. The summed E-state index contributed by atoms with van der Waals surface area (Å²) in [5, 5.41) is 8.59. The molecule has 36 heavy (non-hydrogen) atoms. The number of hydrogen-bond acceptors (Lipinski definition) is 4. The van der Waals surface area contributed by atoms with E-state index in [0.29, 0.717) is 38.2 Å². The maximum absolute atomic E-state index is 12.6. The van der Waals surface area contributed by atoms with Gasteiger partial charge in [-0.05, 0) is 71.8 Å². The molecular formula is C28H29N5O3. The quantitative estimate of drug-likeness (QED) is 0.189. The van der Waals surface area contributed by atoms with Gasteiger partial charge in [0.25, 0.3) is 0 Å². The number of nitrogens with one attached hydrogen (secondary N) is 3. The molecule has 0 fully saturated rings. The predicted octanol–water partition coefficient (Wildman–Crippen LogP) is 4.89. The molecule has 0 aliphatic heterocycles. The fourth-order valence-electron chi connectivity index (χ4n) is 4.19. The van der Waals surface area contributed by atoms with Crippen LogP contribution in [0.4, 0.5) is 21.0 Å². The van der Waals surface area contributed by atoms with Crippen molar-refractivity contribution >= 4 is 29.5 Å². The van der Waals surface area contributed by atoms with Crippen LogP contribution in [0.3, 0.4) is 0 Å². The average Bonchev–Trinajstić information content (AvgIpc) is 3.23. The lowest BCUT2D eigenvalue weighted by atomic mass is 10.1. The van der Waals surface area contributed by atoms with Crippen molar-refractivity contribution in [2.24, 2.45) is 4.99 Å². The summed E-state index contributed by atoms with van der Waals surface area (Å²) >= 11 is 0. The normalized spacial score (nSPS) is 11.1. The third-order valence-corrected chi connectivity index (χ3v) is 6.17. The summed E-state index contributed by atoms with van der Waals surface area (Å²) in [5.41, 5.74) is 7.96. The van der Waals surface area contributed by atoms with E-state index in [1.54, 1.807) is 24.1 Å². The van der Waals surface area contributed by atoms with E-state index in [1.807, 2.05) is 61.5 Å². The van der Waals surface area contributed by atoms with Crippen LogP contribution in [0.5, 0.6) is 0 Å². The summed E-state index contributed by atoms with van der Waals surface area (Å²) < 4.78 is 0. The minimum Gasteiger partial charge on any atom is -0.338 e. The Morgan fingerprint density at radius 2 is 1.69 bits per heavy atom. The molecule has 0 atom stereocenters. The van der Waals surface area contributed by atoms with Crippen molar-refractivity contribution in [1.82, 2.24) is 15.5 Å². The molecule has 0 bridgehead atoms. The highest BCUT2D eigenvalue weighted by molar-refractivity contribution is 5.90. The van der Waals surface area contributed by atoms with Crippen LogP contribution in [0.25, 0.3) is 11.1 Å². The third kappa shape index (κ3) is 6.17. The van der Waals surface area contributed by atoms with E-state index in [9.17, 15) is 14.4 Å². The zero-order valence-electron chi connectivity index (χ0n) is 20.4. The first-order chi connectivity index (χ1) is 17.4. The number of urea groups is 2. The van der Waals surface area contributed by atoms with Crippen LogP contribution in [0.1, 0.15) is 28.7 Å². The van der Waals surface area contributed by atoms with Crippen LogP contribution >= 0.6 is 0 Å². The Hall–Kier alpha value is -4.42. The summed E-state index contributed by atoms with van der Waals surface area (Å²) in [6, 6.07) is 19.1. The van der Waals surface area contributed by atoms with E-state index in [4.69, 9.17) is 0 Å². The van der Waals surface area contributed by atoms with Gasteiger partial charge in [0.15, 0.2) is 0 Å². The van der Waals surface area contributed by atoms with Crippen molar-refractivity contribution in [3.63, 3.8) is 0 Å². The van der Waals surface area contributed by atoms with Crippen molar-refractivity contribution in [1.29, 1.82) is 0 Å². The average molecular weight is 484 g/mol. The number of carbonyl (C=O) groups is 2. The molecule has 0 unspecified atom stereocenters. The molecule has 0 radical (unpaired) electrons. The van der Waals surface area contributed by atoms with Crippen molar-refractivity contribution in [2.75, 3.05) is 25.5 Å². The molecule has 3 aromatic rings. The number of aryl methyl sites for hydroxylation is 1. The number of carbonyl (C=O) groups excluding carboxylic acids is 3. The fraction of sp³-hybridized carbons (Fsp3) is 0.250. The Labute approximate surface area is 210 Å². The number of fused-ring (bicyclic) bond motifs is 3. The molecule has 4 amide bonds. The Kier molecular flexibility index (Phi) is 7.78. The van der Waals surface area contributed by atoms with Gasteiger partial charge < -0.3 is 20.9 Å². The Balaban J connectivity index is 1.20. The second-order valence-corrected chi connectivity index (χ2v) is 8.89. The molecule has 1 aliphatic carbocycles. The van der Waals surface area contributed by atoms with E-state index in [1.165, 1.54) is 5.56 Å². The van der Waals surface area contributed by atoms with Gasteiger partial charge in [-0.2, -0.15) is 4.99 Å². The first-order valence-electron chi connectivity index (χ1n) is 11.9. The van der Waals surface area contributed by atoms with Crippen LogP contribution < -0.4 is 16.0 Å². The van der Waals surface area contributed by atoms with Crippen molar-refractivity contribution in [2.45, 2.75) is 26.3 Å². The first-order valence-corrected chi connectivity index (χ1v) is 11.9. The van der Waals surface area contributed by atoms with Crippen LogP contribution in [-0.4, -0.2) is 43.2 Å². The van der Waals surface area contributed by atoms with Crippen molar-refractivity contribution in [3.05, 3.63) is 82.9 Å². The van der Waals surface area contributed by atoms with Crippen LogP contribution in [-0.2, 0) is 17.8 Å². The van der Waals surface area contributed by atoms with Gasteiger partial charge in [-0.25, -0.2) is 14.4 Å². The van der Waals surface area contributed by atoms with Gasteiger partial charge in [0.1, 0.15) is 0 Å². The second kappa shape index (κ2) is 11.3. The van der Waals surface area contributed by atoms with E-state index >= 15 is 0 Å². The standard InChI is InChI=1S/C28H29N5O3/c1-19-4-6-20(7-5-19)17-30-27(35)29-12-3-13-33(2)28(36)32-24-9-11-26-22(16-24)14-21-15-23(31-18-34)8-10-25(21)26/h4-11,15-16H,3,12-14,17H2,1-2H3,(H,32,36)(H2,29,30,35). The smallest absolute Gasteiger partial charge is 0.321 e. The number of amides is 4. The highest BCUT2D eigenvalue weighted by Crippen LogP contribution is 2.39. The molecule has 0 saturated heterocycles. The maximum atomic E-state index is 12.6. The van der Waals surface area contributed by atoms with Gasteiger partial charge in [-0.15, -0.1) is 0 Å². The molecule has 8 nitrogen and oxygen atoms in total. The number of aliphatic imine (C=N–C) groups is 1. The molecule has 8 heteroatoms. The highest BCUT2D eigenvalue weighted by Gasteiger charge is 2.20. The van der Waals surface area contributed by atoms with Gasteiger partial charge in [0.2, 0.25) is 6.08 Å². The van der Waals surface area contributed by atoms with Gasteiger partial charge in [-0.1, -0.05) is 42.0 Å². The van der Waals surface area contributed by atoms with Crippen molar-refractivity contribution in [3.8, 4) is 11.1 Å². The summed E-state index contributed by atoms with van der Waals surface area (Å²) in [6.45, 7) is 3.45. The number of hydrogen-bond donors (Lipinski definition) is 3. The first kappa shape index (κ1) is 24.7. The SMILES string of the molecule is Cc1ccc(CNC(=O)NCCCN(C)C(=O)Nc2ccc3c(c2)Cc2cc(N=C=O)ccc2-3)cc1. The molecule has 1 aliphatic rings. The molecule has 3 N–H and O–H groups in total. The van der Waals surface area contributed by atoms with Crippen LogP contribution in [0.2, 0.25) is 0 Å². The van der Waals surface area contributed by atoms with Crippen molar-refractivity contribution < 1.29 is 14.4 Å². The lowest BCUT2D eigenvalue weighted by molar-refractivity contribution is 0.221. The molecule has 3 aromatic carbocycles. The van der Waals surface area contributed by atoms with Crippen LogP contribution in [0.15, 0.2) is 65.7 Å². The lowest BCUT2D eigenvalue weighted by Gasteiger charge is -2.18. The molecule has 0 heterocycles. The van der Waals surface area contributed by atoms with E-state index in [0.717, 1.165) is 33.5 Å². The topological polar surface area (TPSA) is 103 Å². The second-order valence-electron chi connectivity index (χ2n) is 8.89. The van der Waals surface area contributed by atoms with Gasteiger partial charge in [0, 0.05) is 32.4 Å². The fourth-order valence-corrected chi connectivity index (χ4v) is 4.19. The molecule has 184 valence electrons. The summed E-state index contributed by atoms with van der Waals surface area (Å²) in [4.78, 5) is 40.4. The minimum atomic E-state index is -0.230. The van der Waals surface area contributed by atoms with E-state index in [2.05, 4.69) is 20.9 Å². The number of rotatable bonds is 8. The predicted molar refractivity (Wildman–Crippen MR) is 140 cm³/mol. The largest absolute Gasteiger partial charge is 0.338 e. The Bertz CT molecular complexity index is 1310. The van der Waals surface area contributed by atoms with Gasteiger partial charge in [-0.3, -0.25) is 0 Å². The summed E-state index contributed by atoms with van der Waals surface area (Å²) in [7, 11) is 1.73. The zero-order valence-corrected chi connectivity index (χ0v) is 20.4. The minimum absolute atomic E-state index is 0.211. The third-order valence-electron chi connectivity index (χ3n) is 6.17. The van der Waals surface area contributed by atoms with Crippen LogP contribution in [0, 0.1) is 6.92 Å². The van der Waals surface area contributed by atoms with E-state index in [-0.39, 0.29) is 12.1 Å². The molecule has 0 aromatic heterocycles. The zero-order chi connectivity index (χ0) is 25.5. The highest BCUT2D eigenvalue weighted by atomic mass is 16.2.